The van der Waals surface area contributed by atoms with Gasteiger partial charge in [-0.15, -0.1) is 0 Å². The third-order valence-corrected chi connectivity index (χ3v) is 5.12. The lowest BCUT2D eigenvalue weighted by atomic mass is 10.2. The lowest BCUT2D eigenvalue weighted by Crippen LogP contribution is -2.20. The molecule has 0 unspecified atom stereocenters. The highest BCUT2D eigenvalue weighted by atomic mass is 16.5. The minimum absolute atomic E-state index is 0.556. The number of rotatable bonds is 13. The molecule has 0 atom stereocenters. The van der Waals surface area contributed by atoms with Crippen molar-refractivity contribution in [1.82, 2.24) is 5.43 Å². The molecule has 0 bridgehead atoms. The van der Waals surface area contributed by atoms with Crippen molar-refractivity contribution < 1.29 is 14.2 Å². The Balaban J connectivity index is 1.08. The van der Waals surface area contributed by atoms with E-state index in [4.69, 9.17) is 14.2 Å². The van der Waals surface area contributed by atoms with Gasteiger partial charge in [-0.2, -0.15) is 0 Å². The third-order valence-electron chi connectivity index (χ3n) is 5.12. The maximum absolute atomic E-state index is 5.83. The molecule has 0 aromatic heterocycles. The Hall–Kier alpha value is -3.96. The minimum Gasteiger partial charge on any atom is -0.493 e. The molecule has 0 fully saturated rings. The molecule has 0 radical (unpaired) electrons. The Morgan fingerprint density at radius 2 is 1.03 bits per heavy atom. The Labute approximate surface area is 201 Å². The quantitative estimate of drug-likeness (QED) is 0.185. The Kier molecular flexibility index (Phi) is 8.82. The molecule has 4 aromatic rings. The van der Waals surface area contributed by atoms with Gasteiger partial charge in [-0.05, 0) is 59.7 Å². The molecule has 0 aliphatic heterocycles. The van der Waals surface area contributed by atoms with E-state index >= 15 is 0 Å². The second kappa shape index (κ2) is 12.9. The number of hydrogen-bond acceptors (Lipinski definition) is 5. The van der Waals surface area contributed by atoms with Crippen LogP contribution in [-0.2, 0) is 13.2 Å². The molecule has 2 N–H and O–H groups in total. The van der Waals surface area contributed by atoms with E-state index in [2.05, 4.69) is 35.1 Å². The fourth-order valence-electron chi connectivity index (χ4n) is 3.29. The van der Waals surface area contributed by atoms with Gasteiger partial charge in [0.1, 0.15) is 23.9 Å². The van der Waals surface area contributed by atoms with Crippen LogP contribution in [0.25, 0.3) is 0 Å². The Morgan fingerprint density at radius 1 is 0.500 bits per heavy atom. The Bertz CT molecular complexity index is 1090. The van der Waals surface area contributed by atoms with Crippen molar-refractivity contribution in [3.05, 3.63) is 120 Å². The normalized spacial score (nSPS) is 10.5. The molecule has 4 aromatic carbocycles. The first-order chi connectivity index (χ1) is 16.8. The van der Waals surface area contributed by atoms with E-state index in [1.165, 1.54) is 5.56 Å². The largest absolute Gasteiger partial charge is 0.493 e. The van der Waals surface area contributed by atoms with E-state index in [1.54, 1.807) is 0 Å². The summed E-state index contributed by atoms with van der Waals surface area (Å²) in [4.78, 5) is 0. The van der Waals surface area contributed by atoms with Crippen molar-refractivity contribution in [2.24, 2.45) is 0 Å². The summed E-state index contributed by atoms with van der Waals surface area (Å²) in [7, 11) is 0. The summed E-state index contributed by atoms with van der Waals surface area (Å²) < 4.78 is 17.4. The number of ether oxygens (including phenoxy) is 3. The fourth-order valence-corrected chi connectivity index (χ4v) is 3.29. The molecule has 0 heterocycles. The predicted octanol–water partition coefficient (Wildman–Crippen LogP) is 6.23. The van der Waals surface area contributed by atoms with Crippen molar-refractivity contribution in [3.63, 3.8) is 0 Å². The molecular weight excluding hydrogens is 424 g/mol. The summed E-state index contributed by atoms with van der Waals surface area (Å²) in [5, 5.41) is 0. The molecule has 0 amide bonds. The number of hydrazine groups is 1. The number of anilines is 1. The monoisotopic (exact) mass is 454 g/mol. The van der Waals surface area contributed by atoms with Crippen LogP contribution in [-0.4, -0.2) is 13.2 Å². The highest BCUT2D eigenvalue weighted by Crippen LogP contribution is 2.19. The first-order valence-electron chi connectivity index (χ1n) is 11.5. The molecule has 0 saturated heterocycles. The molecule has 4 rings (SSSR count). The van der Waals surface area contributed by atoms with Crippen molar-refractivity contribution in [2.75, 3.05) is 18.6 Å². The van der Waals surface area contributed by atoms with Gasteiger partial charge in [-0.3, -0.25) is 0 Å². The lowest BCUT2D eigenvalue weighted by Gasteiger charge is -2.11. The molecule has 0 aliphatic carbocycles. The zero-order chi connectivity index (χ0) is 23.3. The van der Waals surface area contributed by atoms with Gasteiger partial charge in [0.2, 0.25) is 0 Å². The van der Waals surface area contributed by atoms with Crippen LogP contribution in [0.15, 0.2) is 109 Å². The number of hydrogen-bond donors (Lipinski definition) is 2. The van der Waals surface area contributed by atoms with Gasteiger partial charge in [0.15, 0.2) is 0 Å². The van der Waals surface area contributed by atoms with Crippen molar-refractivity contribution >= 4 is 5.69 Å². The first kappa shape index (κ1) is 23.2. The van der Waals surface area contributed by atoms with Crippen LogP contribution in [0, 0.1) is 0 Å². The summed E-state index contributed by atoms with van der Waals surface area (Å²) in [6, 6.07) is 36.0. The summed E-state index contributed by atoms with van der Waals surface area (Å²) >= 11 is 0. The SMILES string of the molecule is c1ccc(COc2ccc(OCCCOc3ccc(CNNc4ccccc4)cc3)cc2)cc1. The molecule has 0 spiro atoms. The van der Waals surface area contributed by atoms with Crippen LogP contribution >= 0.6 is 0 Å². The second-order valence-electron chi connectivity index (χ2n) is 7.78. The van der Waals surface area contributed by atoms with E-state index in [0.29, 0.717) is 19.8 Å². The zero-order valence-corrected chi connectivity index (χ0v) is 19.2. The molecule has 34 heavy (non-hydrogen) atoms. The number of para-hydroxylation sites is 1. The summed E-state index contributed by atoms with van der Waals surface area (Å²) in [6.07, 6.45) is 0.802. The van der Waals surface area contributed by atoms with E-state index in [1.807, 2.05) is 84.9 Å². The molecule has 5 heteroatoms. The molecule has 0 saturated carbocycles. The average molecular weight is 455 g/mol. The first-order valence-corrected chi connectivity index (χ1v) is 11.5. The van der Waals surface area contributed by atoms with Gasteiger partial charge < -0.3 is 19.6 Å². The van der Waals surface area contributed by atoms with Crippen LogP contribution in [0.4, 0.5) is 5.69 Å². The summed E-state index contributed by atoms with van der Waals surface area (Å²) in [6.45, 7) is 2.47. The molecule has 174 valence electrons. The van der Waals surface area contributed by atoms with Crippen LogP contribution < -0.4 is 25.1 Å². The predicted molar refractivity (Wildman–Crippen MR) is 136 cm³/mol. The smallest absolute Gasteiger partial charge is 0.120 e. The van der Waals surface area contributed by atoms with E-state index in [0.717, 1.165) is 41.5 Å². The van der Waals surface area contributed by atoms with Gasteiger partial charge >= 0.3 is 0 Å². The minimum atomic E-state index is 0.556. The van der Waals surface area contributed by atoms with Crippen LogP contribution in [0.1, 0.15) is 17.5 Å². The van der Waals surface area contributed by atoms with E-state index in [9.17, 15) is 0 Å². The third kappa shape index (κ3) is 7.87. The molecule has 5 nitrogen and oxygen atoms in total. The second-order valence-corrected chi connectivity index (χ2v) is 7.78. The van der Waals surface area contributed by atoms with Gasteiger partial charge in [-0.25, -0.2) is 5.43 Å². The lowest BCUT2D eigenvalue weighted by molar-refractivity contribution is 0.247. The average Bonchev–Trinajstić information content (AvgIpc) is 2.90. The van der Waals surface area contributed by atoms with Crippen molar-refractivity contribution in [2.45, 2.75) is 19.6 Å². The summed E-state index contributed by atoms with van der Waals surface area (Å²) in [5.74, 6) is 2.52. The molecular formula is C29H30N2O3. The number of benzene rings is 4. The Morgan fingerprint density at radius 3 is 1.65 bits per heavy atom. The molecule has 0 aliphatic rings. The highest BCUT2D eigenvalue weighted by molar-refractivity contribution is 5.41. The summed E-state index contributed by atoms with van der Waals surface area (Å²) in [5.41, 5.74) is 9.76. The highest BCUT2D eigenvalue weighted by Gasteiger charge is 2.00. The maximum Gasteiger partial charge on any atom is 0.120 e. The fraction of sp³-hybridized carbons (Fsp3) is 0.172. The van der Waals surface area contributed by atoms with Crippen LogP contribution in [0.2, 0.25) is 0 Å². The van der Waals surface area contributed by atoms with Crippen LogP contribution in [0.3, 0.4) is 0 Å². The van der Waals surface area contributed by atoms with E-state index < -0.39 is 0 Å². The van der Waals surface area contributed by atoms with Crippen molar-refractivity contribution in [3.8, 4) is 17.2 Å². The van der Waals surface area contributed by atoms with E-state index in [-0.39, 0.29) is 0 Å². The standard InChI is InChI=1S/C29H30N2O3/c1-3-8-25(9-4-1)23-34-29-18-16-28(17-19-29)33-21-7-20-32-27-14-12-24(13-15-27)22-30-31-26-10-5-2-6-11-26/h1-6,8-19,30-31H,7,20-23H2. The van der Waals surface area contributed by atoms with Gasteiger partial charge in [0.05, 0.1) is 13.2 Å². The number of nitrogens with one attached hydrogen (secondary N) is 2. The van der Waals surface area contributed by atoms with Crippen LogP contribution in [0.5, 0.6) is 17.2 Å². The topological polar surface area (TPSA) is 51.8 Å². The van der Waals surface area contributed by atoms with Crippen molar-refractivity contribution in [1.29, 1.82) is 0 Å². The zero-order valence-electron chi connectivity index (χ0n) is 19.2. The van der Waals surface area contributed by atoms with Gasteiger partial charge in [0, 0.05) is 18.7 Å². The van der Waals surface area contributed by atoms with Gasteiger partial charge in [0.25, 0.3) is 0 Å². The maximum atomic E-state index is 5.83. The van der Waals surface area contributed by atoms with Gasteiger partial charge in [-0.1, -0.05) is 60.7 Å².